The van der Waals surface area contributed by atoms with E-state index >= 15 is 0 Å². The quantitative estimate of drug-likeness (QED) is 0.920. The minimum Gasteiger partial charge on any atom is -0.457 e. The number of carbonyl (C=O) groups is 1. The zero-order chi connectivity index (χ0) is 13.7. The fraction of sp³-hybridized carbons (Fsp3) is 0.214. The van der Waals surface area contributed by atoms with Crippen molar-refractivity contribution < 1.29 is 14.3 Å². The van der Waals surface area contributed by atoms with Crippen LogP contribution in [0.15, 0.2) is 51.7 Å². The average Bonchev–Trinajstić information content (AvgIpc) is 2.85. The van der Waals surface area contributed by atoms with Gasteiger partial charge in [0.05, 0.1) is 12.2 Å². The van der Waals surface area contributed by atoms with Crippen LogP contribution in [0.1, 0.15) is 15.9 Å². The molecule has 0 atom stereocenters. The molecule has 0 saturated heterocycles. The first-order valence-electron chi connectivity index (χ1n) is 5.89. The van der Waals surface area contributed by atoms with Crippen LogP contribution in [0.3, 0.4) is 0 Å². The van der Waals surface area contributed by atoms with Gasteiger partial charge in [-0.15, -0.1) is 0 Å². The Bertz CT molecular complexity index is 539. The molecule has 2 aromatic rings. The lowest BCUT2D eigenvalue weighted by atomic mass is 10.2. The molecule has 1 aromatic carbocycles. The summed E-state index contributed by atoms with van der Waals surface area (Å²) in [6.07, 6.45) is 1.40. The van der Waals surface area contributed by atoms with Crippen LogP contribution in [0.4, 0.5) is 0 Å². The Labute approximate surface area is 119 Å². The van der Waals surface area contributed by atoms with Gasteiger partial charge in [0.15, 0.2) is 4.67 Å². The number of rotatable bonds is 5. The number of furan rings is 1. The van der Waals surface area contributed by atoms with E-state index in [1.165, 1.54) is 6.26 Å². The highest BCUT2D eigenvalue weighted by molar-refractivity contribution is 9.10. The van der Waals surface area contributed by atoms with Crippen LogP contribution in [0.25, 0.3) is 0 Å². The van der Waals surface area contributed by atoms with Crippen molar-refractivity contribution in [2.24, 2.45) is 0 Å². The predicted molar refractivity (Wildman–Crippen MR) is 74.7 cm³/mol. The largest absolute Gasteiger partial charge is 0.457 e. The monoisotopic (exact) mass is 323 g/mol. The summed E-state index contributed by atoms with van der Waals surface area (Å²) < 4.78 is 5.58. The molecule has 0 fully saturated rings. The molecule has 0 spiro atoms. The zero-order valence-electron chi connectivity index (χ0n) is 10.3. The average molecular weight is 324 g/mol. The molecule has 1 N–H and O–H groups in total. The van der Waals surface area contributed by atoms with E-state index in [9.17, 15) is 4.79 Å². The van der Waals surface area contributed by atoms with Crippen LogP contribution < -0.4 is 0 Å². The van der Waals surface area contributed by atoms with E-state index in [0.29, 0.717) is 16.8 Å². The van der Waals surface area contributed by atoms with Gasteiger partial charge in [-0.1, -0.05) is 30.3 Å². The third kappa shape index (κ3) is 3.68. The minimum atomic E-state index is -0.160. The van der Waals surface area contributed by atoms with Crippen LogP contribution in [0.2, 0.25) is 0 Å². The highest BCUT2D eigenvalue weighted by atomic mass is 79.9. The molecule has 0 aliphatic rings. The highest BCUT2D eigenvalue weighted by Gasteiger charge is 2.17. The number of aliphatic hydroxyl groups excluding tert-OH is 1. The summed E-state index contributed by atoms with van der Waals surface area (Å²) >= 11 is 3.17. The molecule has 4 nitrogen and oxygen atoms in total. The number of hydrogen-bond donors (Lipinski definition) is 1. The predicted octanol–water partition coefficient (Wildman–Crippen LogP) is 2.68. The van der Waals surface area contributed by atoms with Crippen LogP contribution in [0.5, 0.6) is 0 Å². The normalized spacial score (nSPS) is 10.4. The van der Waals surface area contributed by atoms with Crippen molar-refractivity contribution in [2.45, 2.75) is 6.54 Å². The zero-order valence-corrected chi connectivity index (χ0v) is 11.8. The Hall–Kier alpha value is -1.59. The van der Waals surface area contributed by atoms with Gasteiger partial charge >= 0.3 is 0 Å². The first kappa shape index (κ1) is 13.8. The van der Waals surface area contributed by atoms with Gasteiger partial charge in [-0.25, -0.2) is 0 Å². The second-order valence-electron chi connectivity index (χ2n) is 4.08. The number of amides is 1. The molecule has 0 radical (unpaired) electrons. The van der Waals surface area contributed by atoms with Crippen molar-refractivity contribution >= 4 is 21.8 Å². The summed E-state index contributed by atoms with van der Waals surface area (Å²) in [5, 5.41) is 9.09. The van der Waals surface area contributed by atoms with Crippen LogP contribution in [0, 0.1) is 0 Å². The van der Waals surface area contributed by atoms with Crippen molar-refractivity contribution in [3.63, 3.8) is 0 Å². The third-order valence-electron chi connectivity index (χ3n) is 2.69. The maximum Gasteiger partial charge on any atom is 0.257 e. The fourth-order valence-electron chi connectivity index (χ4n) is 1.78. The molecular weight excluding hydrogens is 310 g/mol. The molecule has 5 heteroatoms. The van der Waals surface area contributed by atoms with Gasteiger partial charge in [-0.05, 0) is 21.5 Å². The Balaban J connectivity index is 2.13. The van der Waals surface area contributed by atoms with Crippen molar-refractivity contribution in [2.75, 3.05) is 13.2 Å². The Morgan fingerprint density at radius 2 is 2.05 bits per heavy atom. The fourth-order valence-corrected chi connectivity index (χ4v) is 2.12. The topological polar surface area (TPSA) is 53.7 Å². The van der Waals surface area contributed by atoms with Crippen LogP contribution in [-0.4, -0.2) is 29.1 Å². The molecule has 0 aliphatic carbocycles. The Morgan fingerprint density at radius 1 is 1.32 bits per heavy atom. The molecule has 0 saturated carbocycles. The number of halogens is 1. The van der Waals surface area contributed by atoms with Gasteiger partial charge in [0, 0.05) is 19.2 Å². The Kier molecular flexibility index (Phi) is 4.76. The standard InChI is InChI=1S/C14H14BrNO3/c15-13-8-12(10-19-13)14(18)16(6-7-17)9-11-4-2-1-3-5-11/h1-5,8,10,17H,6-7,9H2. The lowest BCUT2D eigenvalue weighted by Crippen LogP contribution is -2.32. The van der Waals surface area contributed by atoms with Crippen molar-refractivity contribution in [1.29, 1.82) is 0 Å². The number of carbonyl (C=O) groups excluding carboxylic acids is 1. The lowest BCUT2D eigenvalue weighted by Gasteiger charge is -2.21. The smallest absolute Gasteiger partial charge is 0.257 e. The van der Waals surface area contributed by atoms with E-state index in [4.69, 9.17) is 9.52 Å². The maximum absolute atomic E-state index is 12.3. The summed E-state index contributed by atoms with van der Waals surface area (Å²) in [7, 11) is 0. The molecule has 1 amide bonds. The van der Waals surface area contributed by atoms with Crippen molar-refractivity contribution in [3.8, 4) is 0 Å². The second kappa shape index (κ2) is 6.54. The second-order valence-corrected chi connectivity index (χ2v) is 4.86. The minimum absolute atomic E-state index is 0.0718. The molecule has 1 heterocycles. The molecule has 19 heavy (non-hydrogen) atoms. The number of hydrogen-bond acceptors (Lipinski definition) is 3. The van der Waals surface area contributed by atoms with E-state index in [1.807, 2.05) is 30.3 Å². The van der Waals surface area contributed by atoms with Crippen LogP contribution in [-0.2, 0) is 6.54 Å². The molecule has 1 aromatic heterocycles. The molecule has 0 aliphatic heterocycles. The molecule has 100 valence electrons. The van der Waals surface area contributed by atoms with Crippen LogP contribution >= 0.6 is 15.9 Å². The highest BCUT2D eigenvalue weighted by Crippen LogP contribution is 2.17. The third-order valence-corrected chi connectivity index (χ3v) is 3.10. The summed E-state index contributed by atoms with van der Waals surface area (Å²) in [6, 6.07) is 11.3. The summed E-state index contributed by atoms with van der Waals surface area (Å²) in [4.78, 5) is 13.9. The van der Waals surface area contributed by atoms with E-state index in [2.05, 4.69) is 15.9 Å². The molecular formula is C14H14BrNO3. The lowest BCUT2D eigenvalue weighted by molar-refractivity contribution is 0.0707. The number of aliphatic hydroxyl groups is 1. The molecule has 0 unspecified atom stereocenters. The SMILES string of the molecule is O=C(c1coc(Br)c1)N(CCO)Cc1ccccc1. The summed E-state index contributed by atoms with van der Waals surface area (Å²) in [5.74, 6) is -0.160. The van der Waals surface area contributed by atoms with Gasteiger partial charge in [-0.3, -0.25) is 4.79 Å². The first-order chi connectivity index (χ1) is 9.20. The van der Waals surface area contributed by atoms with Crippen molar-refractivity contribution in [1.82, 2.24) is 4.90 Å². The van der Waals surface area contributed by atoms with Gasteiger partial charge in [0.2, 0.25) is 0 Å². The molecule has 0 bridgehead atoms. The van der Waals surface area contributed by atoms with E-state index in [0.717, 1.165) is 5.56 Å². The summed E-state index contributed by atoms with van der Waals surface area (Å²) in [6.45, 7) is 0.678. The van der Waals surface area contributed by atoms with Gasteiger partial charge < -0.3 is 14.4 Å². The van der Waals surface area contributed by atoms with Gasteiger partial charge in [0.25, 0.3) is 5.91 Å². The van der Waals surface area contributed by atoms with Crippen molar-refractivity contribution in [3.05, 3.63) is 58.5 Å². The van der Waals surface area contributed by atoms with E-state index in [1.54, 1.807) is 11.0 Å². The van der Waals surface area contributed by atoms with Gasteiger partial charge in [-0.2, -0.15) is 0 Å². The molecule has 2 rings (SSSR count). The van der Waals surface area contributed by atoms with E-state index < -0.39 is 0 Å². The van der Waals surface area contributed by atoms with E-state index in [-0.39, 0.29) is 19.1 Å². The summed E-state index contributed by atoms with van der Waals surface area (Å²) in [5.41, 5.74) is 1.49. The number of nitrogens with zero attached hydrogens (tertiary/aromatic N) is 1. The Morgan fingerprint density at radius 3 is 2.63 bits per heavy atom. The number of benzene rings is 1. The first-order valence-corrected chi connectivity index (χ1v) is 6.68. The maximum atomic E-state index is 12.3. The van der Waals surface area contributed by atoms with Gasteiger partial charge in [0.1, 0.15) is 6.26 Å².